The predicted octanol–water partition coefficient (Wildman–Crippen LogP) is 2.80. The maximum atomic E-state index is 13.2. The zero-order valence-electron chi connectivity index (χ0n) is 14.1. The summed E-state index contributed by atoms with van der Waals surface area (Å²) < 4.78 is 15.1. The summed E-state index contributed by atoms with van der Waals surface area (Å²) >= 11 is 0. The Morgan fingerprint density at radius 3 is 2.60 bits per heavy atom. The largest absolute Gasteiger partial charge is 0.340 e. The quantitative estimate of drug-likeness (QED) is 0.860. The second-order valence-electron chi connectivity index (χ2n) is 7.68. The second-order valence-corrected chi connectivity index (χ2v) is 7.68. The van der Waals surface area contributed by atoms with Crippen LogP contribution >= 0.6 is 0 Å². The first-order valence-electron chi connectivity index (χ1n) is 9.13. The first-order chi connectivity index (χ1) is 12.2. The highest BCUT2D eigenvalue weighted by molar-refractivity contribution is 5.91. The summed E-state index contributed by atoms with van der Waals surface area (Å²) in [6.45, 7) is 1.44. The van der Waals surface area contributed by atoms with Crippen LogP contribution in [0.15, 0.2) is 30.5 Å². The van der Waals surface area contributed by atoms with Gasteiger partial charge >= 0.3 is 0 Å². The molecule has 1 atom stereocenters. The molecule has 2 aliphatic carbocycles. The lowest BCUT2D eigenvalue weighted by atomic mass is 9.94. The Balaban J connectivity index is 1.30. The SMILES string of the molecule is O=C(N1CCC(n2cc(C3CC3)nn2)C1)C1(c2ccc(F)cc2)CC1. The van der Waals surface area contributed by atoms with Crippen LogP contribution in [0.3, 0.4) is 0 Å². The van der Waals surface area contributed by atoms with Gasteiger partial charge in [0.05, 0.1) is 17.2 Å². The van der Waals surface area contributed by atoms with E-state index in [2.05, 4.69) is 16.5 Å². The molecule has 1 aliphatic heterocycles. The molecule has 2 heterocycles. The minimum Gasteiger partial charge on any atom is -0.340 e. The van der Waals surface area contributed by atoms with Crippen LogP contribution in [0.4, 0.5) is 4.39 Å². The molecular weight excluding hydrogens is 319 g/mol. The van der Waals surface area contributed by atoms with Gasteiger partial charge in [0.1, 0.15) is 5.82 Å². The minimum absolute atomic E-state index is 0.184. The number of rotatable bonds is 4. The molecule has 0 spiro atoms. The Bertz CT molecular complexity index is 807. The number of nitrogens with zero attached hydrogens (tertiary/aromatic N) is 4. The number of hydrogen-bond acceptors (Lipinski definition) is 3. The van der Waals surface area contributed by atoms with Gasteiger partial charge in [-0.2, -0.15) is 0 Å². The number of carbonyl (C=O) groups excluding carboxylic acids is 1. The Kier molecular flexibility index (Phi) is 3.24. The molecule has 0 N–H and O–H groups in total. The summed E-state index contributed by atoms with van der Waals surface area (Å²) in [5.74, 6) is 0.524. The molecule has 1 aromatic carbocycles. The number of halogens is 1. The summed E-state index contributed by atoms with van der Waals surface area (Å²) in [4.78, 5) is 15.1. The minimum atomic E-state index is -0.426. The van der Waals surface area contributed by atoms with Crippen LogP contribution in [-0.4, -0.2) is 38.9 Å². The summed E-state index contributed by atoms with van der Waals surface area (Å²) in [6, 6.07) is 6.63. The number of benzene rings is 1. The van der Waals surface area contributed by atoms with Crippen molar-refractivity contribution in [3.05, 3.63) is 47.5 Å². The molecule has 2 saturated carbocycles. The third-order valence-corrected chi connectivity index (χ3v) is 5.90. The molecule has 1 amide bonds. The fraction of sp³-hybridized carbons (Fsp3) is 0.526. The maximum Gasteiger partial charge on any atom is 0.233 e. The van der Waals surface area contributed by atoms with Crippen LogP contribution < -0.4 is 0 Å². The van der Waals surface area contributed by atoms with Crippen molar-refractivity contribution in [3.63, 3.8) is 0 Å². The molecule has 1 unspecified atom stereocenters. The summed E-state index contributed by atoms with van der Waals surface area (Å²) in [5, 5.41) is 8.57. The number of amides is 1. The molecule has 5 rings (SSSR count). The third kappa shape index (κ3) is 2.55. The lowest BCUT2D eigenvalue weighted by Crippen LogP contribution is -2.38. The zero-order valence-corrected chi connectivity index (χ0v) is 14.1. The van der Waals surface area contributed by atoms with E-state index in [9.17, 15) is 9.18 Å². The van der Waals surface area contributed by atoms with Crippen LogP contribution in [0.1, 0.15) is 55.3 Å². The van der Waals surface area contributed by atoms with Crippen LogP contribution in [-0.2, 0) is 10.2 Å². The molecule has 3 fully saturated rings. The zero-order chi connectivity index (χ0) is 17.0. The Morgan fingerprint density at radius 2 is 1.92 bits per heavy atom. The Hall–Kier alpha value is -2.24. The normalized spacial score (nSPS) is 24.5. The van der Waals surface area contributed by atoms with Crippen molar-refractivity contribution in [2.75, 3.05) is 13.1 Å². The van der Waals surface area contributed by atoms with Crippen LogP contribution in [0, 0.1) is 5.82 Å². The Morgan fingerprint density at radius 1 is 1.16 bits per heavy atom. The van der Waals surface area contributed by atoms with E-state index in [1.807, 2.05) is 9.58 Å². The first-order valence-corrected chi connectivity index (χ1v) is 9.13. The van der Waals surface area contributed by atoms with Crippen molar-refractivity contribution in [3.8, 4) is 0 Å². The van der Waals surface area contributed by atoms with E-state index in [1.165, 1.54) is 25.0 Å². The van der Waals surface area contributed by atoms with Crippen molar-refractivity contribution >= 4 is 5.91 Å². The van der Waals surface area contributed by atoms with Crippen molar-refractivity contribution < 1.29 is 9.18 Å². The number of aromatic nitrogens is 3. The lowest BCUT2D eigenvalue weighted by Gasteiger charge is -2.23. The van der Waals surface area contributed by atoms with Crippen molar-refractivity contribution in [1.29, 1.82) is 0 Å². The van der Waals surface area contributed by atoms with E-state index >= 15 is 0 Å². The smallest absolute Gasteiger partial charge is 0.233 e. The molecule has 6 heteroatoms. The average molecular weight is 340 g/mol. The summed E-state index contributed by atoms with van der Waals surface area (Å²) in [7, 11) is 0. The predicted molar refractivity (Wildman–Crippen MR) is 89.5 cm³/mol. The van der Waals surface area contributed by atoms with E-state index in [1.54, 1.807) is 12.1 Å². The van der Waals surface area contributed by atoms with Gasteiger partial charge in [-0.1, -0.05) is 17.3 Å². The Labute approximate surface area is 145 Å². The van der Waals surface area contributed by atoms with Gasteiger partial charge in [0.15, 0.2) is 0 Å². The van der Waals surface area contributed by atoms with Crippen molar-refractivity contribution in [2.24, 2.45) is 0 Å². The van der Waals surface area contributed by atoms with Gasteiger partial charge in [-0.05, 0) is 49.8 Å². The maximum absolute atomic E-state index is 13.2. The number of likely N-dealkylation sites (tertiary alicyclic amines) is 1. The molecule has 0 radical (unpaired) electrons. The summed E-state index contributed by atoms with van der Waals surface area (Å²) in [6.07, 6.45) is 7.12. The van der Waals surface area contributed by atoms with Gasteiger partial charge in [0, 0.05) is 25.2 Å². The second kappa shape index (κ2) is 5.38. The third-order valence-electron chi connectivity index (χ3n) is 5.90. The topological polar surface area (TPSA) is 51.0 Å². The summed E-state index contributed by atoms with van der Waals surface area (Å²) in [5.41, 5.74) is 1.61. The monoisotopic (exact) mass is 340 g/mol. The fourth-order valence-electron chi connectivity index (χ4n) is 4.00. The highest BCUT2D eigenvalue weighted by Crippen LogP contribution is 2.50. The molecule has 0 bridgehead atoms. The van der Waals surface area contributed by atoms with Gasteiger partial charge < -0.3 is 4.90 Å². The fourth-order valence-corrected chi connectivity index (χ4v) is 4.00. The van der Waals surface area contributed by atoms with Gasteiger partial charge in [-0.15, -0.1) is 5.10 Å². The van der Waals surface area contributed by atoms with E-state index in [0.29, 0.717) is 12.5 Å². The molecule has 1 aromatic heterocycles. The van der Waals surface area contributed by atoms with Gasteiger partial charge in [-0.25, -0.2) is 9.07 Å². The number of hydrogen-bond donors (Lipinski definition) is 0. The van der Waals surface area contributed by atoms with Gasteiger partial charge in [0.25, 0.3) is 0 Å². The van der Waals surface area contributed by atoms with E-state index in [0.717, 1.165) is 37.1 Å². The van der Waals surface area contributed by atoms with E-state index in [4.69, 9.17) is 0 Å². The molecule has 5 nitrogen and oxygen atoms in total. The van der Waals surface area contributed by atoms with Crippen molar-refractivity contribution in [1.82, 2.24) is 19.9 Å². The molecule has 25 heavy (non-hydrogen) atoms. The molecule has 130 valence electrons. The first kappa shape index (κ1) is 15.0. The molecular formula is C19H21FN4O. The van der Waals surface area contributed by atoms with Crippen LogP contribution in [0.5, 0.6) is 0 Å². The lowest BCUT2D eigenvalue weighted by molar-refractivity contribution is -0.133. The standard InChI is InChI=1S/C19H21FN4O/c20-15-5-3-14(4-6-15)19(8-9-19)18(25)23-10-7-16(11-23)24-12-17(21-22-24)13-1-2-13/h3-6,12-13,16H,1-2,7-11H2. The molecule has 1 saturated heterocycles. The van der Waals surface area contributed by atoms with E-state index < -0.39 is 5.41 Å². The van der Waals surface area contributed by atoms with Crippen LogP contribution in [0.2, 0.25) is 0 Å². The van der Waals surface area contributed by atoms with Gasteiger partial charge in [-0.3, -0.25) is 4.79 Å². The van der Waals surface area contributed by atoms with Crippen LogP contribution in [0.25, 0.3) is 0 Å². The van der Waals surface area contributed by atoms with Crippen molar-refractivity contribution in [2.45, 2.75) is 49.5 Å². The van der Waals surface area contributed by atoms with Gasteiger partial charge in [0.2, 0.25) is 5.91 Å². The average Bonchev–Trinajstić information content (AvgIpc) is 3.53. The number of carbonyl (C=O) groups is 1. The highest BCUT2D eigenvalue weighted by atomic mass is 19.1. The highest BCUT2D eigenvalue weighted by Gasteiger charge is 2.53. The molecule has 3 aliphatic rings. The molecule has 2 aromatic rings. The van der Waals surface area contributed by atoms with E-state index in [-0.39, 0.29) is 17.8 Å².